The molecule has 116 valence electrons. The Hall–Kier alpha value is -2.73. The lowest BCUT2D eigenvalue weighted by molar-refractivity contribution is 0.339. The molecule has 0 amide bonds. The van der Waals surface area contributed by atoms with Crippen molar-refractivity contribution in [1.82, 2.24) is 14.3 Å². The van der Waals surface area contributed by atoms with E-state index in [0.29, 0.717) is 16.8 Å². The Bertz CT molecular complexity index is 815. The van der Waals surface area contributed by atoms with Gasteiger partial charge < -0.3 is 9.47 Å². The molecule has 0 spiro atoms. The highest BCUT2D eigenvalue weighted by Gasteiger charge is 2.14. The smallest absolute Gasteiger partial charge is 0.298 e. The zero-order chi connectivity index (χ0) is 16.1. The van der Waals surface area contributed by atoms with Crippen molar-refractivity contribution in [3.05, 3.63) is 72.0 Å². The number of pyridine rings is 1. The number of hydrogen-bond acceptors (Lipinski definition) is 6. The number of nitrogens with zero attached hydrogens (tertiary/aromatic N) is 3. The fourth-order valence-electron chi connectivity index (χ4n) is 2.09. The van der Waals surface area contributed by atoms with E-state index in [4.69, 9.17) is 9.47 Å². The maximum Gasteiger partial charge on any atom is 0.298 e. The molecular formula is C17H15N3O2S. The Kier molecular flexibility index (Phi) is 4.63. The summed E-state index contributed by atoms with van der Waals surface area (Å²) in [5.41, 5.74) is 2.52. The Morgan fingerprint density at radius 1 is 1.13 bits per heavy atom. The number of methoxy groups -OCH3 is 1. The van der Waals surface area contributed by atoms with E-state index in [1.165, 1.54) is 11.5 Å². The van der Waals surface area contributed by atoms with Crippen LogP contribution in [0.25, 0.3) is 5.57 Å². The summed E-state index contributed by atoms with van der Waals surface area (Å²) in [6.45, 7) is 1.83. The molecule has 6 heteroatoms. The van der Waals surface area contributed by atoms with Gasteiger partial charge in [0.2, 0.25) is 0 Å². The van der Waals surface area contributed by atoms with E-state index in [-0.39, 0.29) is 0 Å². The molecule has 0 radical (unpaired) electrons. The molecule has 0 unspecified atom stereocenters. The van der Waals surface area contributed by atoms with Gasteiger partial charge in [-0.2, -0.15) is 9.36 Å². The first kappa shape index (κ1) is 15.2. The Morgan fingerprint density at radius 3 is 2.65 bits per heavy atom. The molecule has 0 bridgehead atoms. The van der Waals surface area contributed by atoms with Gasteiger partial charge in [-0.15, -0.1) is 0 Å². The van der Waals surface area contributed by atoms with E-state index in [9.17, 15) is 0 Å². The van der Waals surface area contributed by atoms with Gasteiger partial charge in [0, 0.05) is 28.9 Å². The molecule has 3 rings (SSSR count). The van der Waals surface area contributed by atoms with Crippen molar-refractivity contribution in [2.24, 2.45) is 0 Å². The lowest BCUT2D eigenvalue weighted by Gasteiger charge is -2.12. The highest BCUT2D eigenvalue weighted by atomic mass is 32.1. The van der Waals surface area contributed by atoms with E-state index in [2.05, 4.69) is 14.3 Å². The fraction of sp³-hybridized carbons (Fsp3) is 0.118. The van der Waals surface area contributed by atoms with Crippen LogP contribution >= 0.6 is 11.5 Å². The van der Waals surface area contributed by atoms with Gasteiger partial charge in [0.15, 0.2) is 0 Å². The van der Waals surface area contributed by atoms with Crippen molar-refractivity contribution >= 4 is 17.1 Å². The van der Waals surface area contributed by atoms with Crippen LogP contribution < -0.4 is 4.74 Å². The molecule has 0 aliphatic heterocycles. The molecular weight excluding hydrogens is 310 g/mol. The van der Waals surface area contributed by atoms with E-state index in [1.54, 1.807) is 19.6 Å². The van der Waals surface area contributed by atoms with Gasteiger partial charge in [-0.25, -0.2) is 0 Å². The van der Waals surface area contributed by atoms with Gasteiger partial charge in [-0.1, -0.05) is 24.3 Å². The molecule has 0 saturated heterocycles. The van der Waals surface area contributed by atoms with Crippen LogP contribution in [-0.2, 0) is 4.74 Å². The summed E-state index contributed by atoms with van der Waals surface area (Å²) in [4.78, 5) is 8.64. The SMILES string of the molecule is COC=C(c1ccccn1)c1ccccc1Oc1nc(C)ns1. The number of hydrogen-bond donors (Lipinski definition) is 0. The second-order valence-corrected chi connectivity index (χ2v) is 5.40. The second-order valence-electron chi connectivity index (χ2n) is 4.69. The minimum atomic E-state index is 0.507. The van der Waals surface area contributed by atoms with Gasteiger partial charge in [0.05, 0.1) is 19.1 Å². The number of rotatable bonds is 5. The zero-order valence-corrected chi connectivity index (χ0v) is 13.6. The number of aryl methyl sites for hydroxylation is 1. The van der Waals surface area contributed by atoms with Crippen LogP contribution in [0.4, 0.5) is 0 Å². The molecule has 3 aromatic rings. The average molecular weight is 325 g/mol. The third kappa shape index (κ3) is 3.54. The second kappa shape index (κ2) is 7.02. The van der Waals surface area contributed by atoms with E-state index < -0.39 is 0 Å². The number of aromatic nitrogens is 3. The first-order valence-corrected chi connectivity index (χ1v) is 7.77. The molecule has 5 nitrogen and oxygen atoms in total. The van der Waals surface area contributed by atoms with Crippen LogP contribution in [0.15, 0.2) is 54.9 Å². The number of benzene rings is 1. The van der Waals surface area contributed by atoms with Crippen LogP contribution in [0.1, 0.15) is 17.1 Å². The highest BCUT2D eigenvalue weighted by molar-refractivity contribution is 7.07. The van der Waals surface area contributed by atoms with Gasteiger partial charge in [-0.3, -0.25) is 4.98 Å². The Balaban J connectivity index is 2.02. The monoisotopic (exact) mass is 325 g/mol. The van der Waals surface area contributed by atoms with E-state index in [1.807, 2.05) is 49.4 Å². The largest absolute Gasteiger partial charge is 0.504 e. The summed E-state index contributed by atoms with van der Waals surface area (Å²) in [6, 6.07) is 13.4. The maximum atomic E-state index is 5.90. The molecule has 0 N–H and O–H groups in total. The van der Waals surface area contributed by atoms with Crippen molar-refractivity contribution in [2.45, 2.75) is 6.92 Å². The van der Waals surface area contributed by atoms with Crippen molar-refractivity contribution in [3.8, 4) is 10.9 Å². The van der Waals surface area contributed by atoms with Crippen LogP contribution in [0.5, 0.6) is 10.9 Å². The Labute approximate surface area is 138 Å². The van der Waals surface area contributed by atoms with Gasteiger partial charge in [0.25, 0.3) is 5.19 Å². The first-order valence-electron chi connectivity index (χ1n) is 7.00. The normalized spacial score (nSPS) is 11.3. The molecule has 1 aromatic carbocycles. The number of ether oxygens (including phenoxy) is 2. The number of para-hydroxylation sites is 1. The highest BCUT2D eigenvalue weighted by Crippen LogP contribution is 2.33. The van der Waals surface area contributed by atoms with Gasteiger partial charge in [0.1, 0.15) is 11.6 Å². The van der Waals surface area contributed by atoms with Crippen LogP contribution in [-0.4, -0.2) is 21.5 Å². The summed E-state index contributed by atoms with van der Waals surface area (Å²) in [6.07, 6.45) is 3.41. The minimum absolute atomic E-state index is 0.507. The van der Waals surface area contributed by atoms with Crippen LogP contribution in [0.3, 0.4) is 0 Å². The zero-order valence-electron chi connectivity index (χ0n) is 12.8. The molecule has 0 atom stereocenters. The molecule has 23 heavy (non-hydrogen) atoms. The summed E-state index contributed by atoms with van der Waals surface area (Å²) < 4.78 is 15.3. The maximum absolute atomic E-state index is 5.90. The quantitative estimate of drug-likeness (QED) is 0.662. The summed E-state index contributed by atoms with van der Waals surface area (Å²) in [5, 5.41) is 0.507. The van der Waals surface area contributed by atoms with Crippen LogP contribution in [0.2, 0.25) is 0 Å². The van der Waals surface area contributed by atoms with E-state index in [0.717, 1.165) is 16.8 Å². The average Bonchev–Trinajstić information content (AvgIpc) is 2.99. The van der Waals surface area contributed by atoms with Gasteiger partial charge >= 0.3 is 0 Å². The van der Waals surface area contributed by atoms with Crippen molar-refractivity contribution in [1.29, 1.82) is 0 Å². The van der Waals surface area contributed by atoms with Crippen LogP contribution in [0, 0.1) is 6.92 Å². The van der Waals surface area contributed by atoms with Crippen molar-refractivity contribution in [3.63, 3.8) is 0 Å². The fourth-order valence-corrected chi connectivity index (χ4v) is 2.64. The molecule has 2 aromatic heterocycles. The molecule has 2 heterocycles. The summed E-state index contributed by atoms with van der Waals surface area (Å²) in [7, 11) is 1.61. The summed E-state index contributed by atoms with van der Waals surface area (Å²) in [5.74, 6) is 1.37. The van der Waals surface area contributed by atoms with E-state index >= 15 is 0 Å². The topological polar surface area (TPSA) is 57.1 Å². The lowest BCUT2D eigenvalue weighted by atomic mass is 10.0. The third-order valence-electron chi connectivity index (χ3n) is 3.06. The third-order valence-corrected chi connectivity index (χ3v) is 3.75. The van der Waals surface area contributed by atoms with Gasteiger partial charge in [-0.05, 0) is 25.1 Å². The van der Waals surface area contributed by atoms with Crippen molar-refractivity contribution < 1.29 is 9.47 Å². The van der Waals surface area contributed by atoms with Crippen molar-refractivity contribution in [2.75, 3.05) is 7.11 Å². The standard InChI is InChI=1S/C17H15N3O2S/c1-12-19-17(23-20-12)22-16-9-4-3-7-13(16)14(11-21-2)15-8-5-6-10-18-15/h3-11H,1-2H3. The lowest BCUT2D eigenvalue weighted by Crippen LogP contribution is -1.96. The summed E-state index contributed by atoms with van der Waals surface area (Å²) >= 11 is 1.22. The molecule has 0 aliphatic carbocycles. The first-order chi connectivity index (χ1) is 11.3. The predicted molar refractivity (Wildman–Crippen MR) is 89.5 cm³/mol. The Morgan fingerprint density at radius 2 is 1.96 bits per heavy atom. The molecule has 0 fully saturated rings. The molecule has 0 saturated carbocycles. The minimum Gasteiger partial charge on any atom is -0.504 e. The molecule has 0 aliphatic rings. The predicted octanol–water partition coefficient (Wildman–Crippen LogP) is 4.07.